The summed E-state index contributed by atoms with van der Waals surface area (Å²) in [5, 5.41) is 7.32. The number of aliphatic imine (C=N–C) groups is 1. The smallest absolute Gasteiger partial charge is 0.191 e. The van der Waals surface area contributed by atoms with E-state index in [1.807, 2.05) is 20.2 Å². The molecule has 0 aromatic carbocycles. The van der Waals surface area contributed by atoms with E-state index < -0.39 is 10.8 Å². The lowest BCUT2D eigenvalue weighted by Gasteiger charge is -2.30. The molecule has 2 N–H and O–H groups in total. The normalized spacial score (nSPS) is 24.6. The minimum absolute atomic E-state index is 0.320. The van der Waals surface area contributed by atoms with Gasteiger partial charge in [-0.3, -0.25) is 9.20 Å². The van der Waals surface area contributed by atoms with Crippen LogP contribution in [0.25, 0.3) is 0 Å². The number of hydrogen-bond acceptors (Lipinski definition) is 4. The van der Waals surface area contributed by atoms with Gasteiger partial charge in [-0.25, -0.2) is 4.98 Å². The lowest BCUT2D eigenvalue weighted by Crippen LogP contribution is -2.46. The highest BCUT2D eigenvalue weighted by atomic mass is 32.2. The second-order valence-corrected chi connectivity index (χ2v) is 10.2. The van der Waals surface area contributed by atoms with Crippen LogP contribution >= 0.6 is 0 Å². The first-order valence-electron chi connectivity index (χ1n) is 11.2. The van der Waals surface area contributed by atoms with Crippen LogP contribution < -0.4 is 15.5 Å². The van der Waals surface area contributed by atoms with Gasteiger partial charge in [0.2, 0.25) is 0 Å². The van der Waals surface area contributed by atoms with Crippen molar-refractivity contribution in [1.82, 2.24) is 15.6 Å². The SMILES string of the molecule is CCS(=O)C1CCCC(NC(=NC)NCc2ccnc(N3CCCCCC3)c2)C1. The van der Waals surface area contributed by atoms with Crippen LogP contribution in [0.3, 0.4) is 0 Å². The van der Waals surface area contributed by atoms with Gasteiger partial charge in [-0.15, -0.1) is 0 Å². The first kappa shape index (κ1) is 22.1. The number of anilines is 1. The average Bonchev–Trinajstić information content (AvgIpc) is 3.06. The third-order valence-corrected chi connectivity index (χ3v) is 7.79. The van der Waals surface area contributed by atoms with Gasteiger partial charge in [-0.2, -0.15) is 0 Å². The van der Waals surface area contributed by atoms with Crippen LogP contribution in [0, 0.1) is 0 Å². The van der Waals surface area contributed by atoms with Gasteiger partial charge in [0, 0.05) is 60.7 Å². The fraction of sp³-hybridized carbons (Fsp3) is 0.727. The second-order valence-electron chi connectivity index (χ2n) is 8.15. The highest BCUT2D eigenvalue weighted by Gasteiger charge is 2.26. The van der Waals surface area contributed by atoms with E-state index in [2.05, 4.69) is 37.6 Å². The number of guanidine groups is 1. The second kappa shape index (κ2) is 11.5. The number of nitrogens with one attached hydrogen (secondary N) is 2. The monoisotopic (exact) mass is 419 g/mol. The summed E-state index contributed by atoms with van der Waals surface area (Å²) in [6.45, 7) is 4.95. The molecular formula is C22H37N5OS. The zero-order valence-electron chi connectivity index (χ0n) is 18.0. The molecule has 2 aliphatic rings. The summed E-state index contributed by atoms with van der Waals surface area (Å²) in [6, 6.07) is 4.62. The minimum Gasteiger partial charge on any atom is -0.357 e. The van der Waals surface area contributed by atoms with Gasteiger partial charge >= 0.3 is 0 Å². The van der Waals surface area contributed by atoms with Crippen LogP contribution in [0.5, 0.6) is 0 Å². The summed E-state index contributed by atoms with van der Waals surface area (Å²) >= 11 is 0. The van der Waals surface area contributed by atoms with E-state index in [0.717, 1.165) is 62.8 Å². The van der Waals surface area contributed by atoms with Crippen LogP contribution in [-0.2, 0) is 17.3 Å². The molecule has 2 fully saturated rings. The molecule has 3 unspecified atom stereocenters. The summed E-state index contributed by atoms with van der Waals surface area (Å²) in [7, 11) is 1.11. The molecule has 0 spiro atoms. The number of hydrogen-bond donors (Lipinski definition) is 2. The number of rotatable bonds is 6. The summed E-state index contributed by atoms with van der Waals surface area (Å²) in [4.78, 5) is 11.4. The maximum atomic E-state index is 12.2. The van der Waals surface area contributed by atoms with Gasteiger partial charge in [0.05, 0.1) is 0 Å². The summed E-state index contributed by atoms with van der Waals surface area (Å²) in [5.74, 6) is 2.67. The first-order valence-corrected chi connectivity index (χ1v) is 12.6. The Morgan fingerprint density at radius 2 is 2.03 bits per heavy atom. The van der Waals surface area contributed by atoms with Crippen molar-refractivity contribution in [3.05, 3.63) is 23.9 Å². The van der Waals surface area contributed by atoms with E-state index in [1.165, 1.54) is 31.2 Å². The Hall–Kier alpha value is -1.63. The van der Waals surface area contributed by atoms with E-state index in [1.54, 1.807) is 0 Å². The molecular weight excluding hydrogens is 382 g/mol. The summed E-state index contributed by atoms with van der Waals surface area (Å²) in [6.07, 6.45) is 11.4. The summed E-state index contributed by atoms with van der Waals surface area (Å²) in [5.41, 5.74) is 1.22. The predicted molar refractivity (Wildman–Crippen MR) is 123 cm³/mol. The molecule has 1 aliphatic carbocycles. The molecule has 7 heteroatoms. The summed E-state index contributed by atoms with van der Waals surface area (Å²) < 4.78 is 12.2. The van der Waals surface area contributed by atoms with Crippen molar-refractivity contribution in [1.29, 1.82) is 0 Å². The molecule has 3 atom stereocenters. The number of aromatic nitrogens is 1. The first-order chi connectivity index (χ1) is 14.2. The molecule has 0 bridgehead atoms. The molecule has 29 heavy (non-hydrogen) atoms. The van der Waals surface area contributed by atoms with E-state index in [-0.39, 0.29) is 0 Å². The number of pyridine rings is 1. The average molecular weight is 420 g/mol. The Morgan fingerprint density at radius 3 is 2.76 bits per heavy atom. The van der Waals surface area contributed by atoms with Gasteiger partial charge in [-0.05, 0) is 49.8 Å². The maximum absolute atomic E-state index is 12.2. The molecule has 1 aromatic rings. The molecule has 0 amide bonds. The van der Waals surface area contributed by atoms with Gasteiger partial charge in [0.1, 0.15) is 5.82 Å². The molecule has 0 radical (unpaired) electrons. The molecule has 3 rings (SSSR count). The quantitative estimate of drug-likeness (QED) is 0.547. The molecule has 162 valence electrons. The van der Waals surface area contributed by atoms with Crippen LogP contribution in [0.4, 0.5) is 5.82 Å². The zero-order chi connectivity index (χ0) is 20.5. The third-order valence-electron chi connectivity index (χ3n) is 6.05. The predicted octanol–water partition coefficient (Wildman–Crippen LogP) is 3.21. The highest BCUT2D eigenvalue weighted by molar-refractivity contribution is 7.85. The zero-order valence-corrected chi connectivity index (χ0v) is 18.8. The minimum atomic E-state index is -0.703. The van der Waals surface area contributed by atoms with Crippen molar-refractivity contribution >= 4 is 22.6 Å². The van der Waals surface area contributed by atoms with Crippen LogP contribution in [0.2, 0.25) is 0 Å². The van der Waals surface area contributed by atoms with E-state index >= 15 is 0 Å². The molecule has 1 saturated carbocycles. The lowest BCUT2D eigenvalue weighted by atomic mass is 9.95. The van der Waals surface area contributed by atoms with E-state index in [0.29, 0.717) is 11.3 Å². The van der Waals surface area contributed by atoms with E-state index in [4.69, 9.17) is 0 Å². The van der Waals surface area contributed by atoms with Gasteiger partial charge < -0.3 is 15.5 Å². The van der Waals surface area contributed by atoms with Crippen molar-refractivity contribution < 1.29 is 4.21 Å². The Morgan fingerprint density at radius 1 is 1.24 bits per heavy atom. The van der Waals surface area contributed by atoms with Crippen LogP contribution in [0.1, 0.15) is 63.9 Å². The Balaban J connectivity index is 1.53. The molecule has 1 aromatic heterocycles. The Kier molecular flexibility index (Phi) is 8.77. The Labute approximate surface area is 178 Å². The van der Waals surface area contributed by atoms with Crippen molar-refractivity contribution in [3.8, 4) is 0 Å². The van der Waals surface area contributed by atoms with Crippen molar-refractivity contribution in [2.75, 3.05) is 30.8 Å². The van der Waals surface area contributed by atoms with Crippen molar-refractivity contribution in [2.45, 2.75) is 76.1 Å². The lowest BCUT2D eigenvalue weighted by molar-refractivity contribution is 0.413. The van der Waals surface area contributed by atoms with E-state index in [9.17, 15) is 4.21 Å². The highest BCUT2D eigenvalue weighted by Crippen LogP contribution is 2.23. The molecule has 2 heterocycles. The van der Waals surface area contributed by atoms with Gasteiger partial charge in [0.25, 0.3) is 0 Å². The van der Waals surface area contributed by atoms with Crippen LogP contribution in [-0.4, -0.2) is 52.3 Å². The standard InChI is InChI=1S/C22H37N5OS/c1-3-29(28)20-10-8-9-19(16-20)26-22(23-2)25-17-18-11-12-24-21(15-18)27-13-6-4-5-7-14-27/h11-12,15,19-20H,3-10,13-14,16-17H2,1-2H3,(H2,23,25,26). The molecule has 1 saturated heterocycles. The fourth-order valence-corrected chi connectivity index (χ4v) is 5.72. The third kappa shape index (κ3) is 6.69. The van der Waals surface area contributed by atoms with Gasteiger partial charge in [0.15, 0.2) is 5.96 Å². The molecule has 1 aliphatic heterocycles. The van der Waals surface area contributed by atoms with Crippen molar-refractivity contribution in [2.24, 2.45) is 4.99 Å². The number of nitrogens with zero attached hydrogens (tertiary/aromatic N) is 3. The van der Waals surface area contributed by atoms with Crippen LogP contribution in [0.15, 0.2) is 23.3 Å². The van der Waals surface area contributed by atoms with Gasteiger partial charge in [-0.1, -0.05) is 26.2 Å². The largest absolute Gasteiger partial charge is 0.357 e. The van der Waals surface area contributed by atoms with Crippen molar-refractivity contribution in [3.63, 3.8) is 0 Å². The maximum Gasteiger partial charge on any atom is 0.191 e. The molecule has 6 nitrogen and oxygen atoms in total. The fourth-order valence-electron chi connectivity index (χ4n) is 4.37. The topological polar surface area (TPSA) is 69.6 Å². The Bertz CT molecular complexity index is 688.